The van der Waals surface area contributed by atoms with Gasteiger partial charge in [0.15, 0.2) is 5.82 Å². The Hall–Kier alpha value is -2.11. The molecule has 2 aromatic rings. The molecule has 1 saturated heterocycles. The van der Waals surface area contributed by atoms with Gasteiger partial charge in [-0.3, -0.25) is 4.90 Å². The maximum absolute atomic E-state index is 6.29. The Kier molecular flexibility index (Phi) is 5.45. The summed E-state index contributed by atoms with van der Waals surface area (Å²) in [5.74, 6) is 0.736. The first kappa shape index (κ1) is 15.8. The molecule has 0 radical (unpaired) electrons. The number of ether oxygens (including phenoxy) is 1. The van der Waals surface area contributed by atoms with Crippen LogP contribution in [0.25, 0.3) is 0 Å². The van der Waals surface area contributed by atoms with Crippen LogP contribution in [0.5, 0.6) is 0 Å². The maximum atomic E-state index is 6.29. The first-order chi connectivity index (χ1) is 11.3. The van der Waals surface area contributed by atoms with E-state index in [0.29, 0.717) is 0 Å². The fraction of sp³-hybridized carbons (Fsp3) is 0.389. The standard InChI is InChI=1S/C18H24N4O/c19-17-15(5-4-10-22-11-13-23-14-12-22)8-9-20-18(17)21-16-6-2-1-3-7-16/h1-3,6-9H,4-5,10-14,19H2,(H,20,21). The third-order valence-corrected chi connectivity index (χ3v) is 4.14. The van der Waals surface area contributed by atoms with Gasteiger partial charge in [-0.2, -0.15) is 0 Å². The minimum Gasteiger partial charge on any atom is -0.396 e. The minimum absolute atomic E-state index is 0.736. The van der Waals surface area contributed by atoms with E-state index >= 15 is 0 Å². The number of nitrogens with zero attached hydrogens (tertiary/aromatic N) is 2. The Bertz CT molecular complexity index is 612. The van der Waals surface area contributed by atoms with E-state index in [4.69, 9.17) is 10.5 Å². The zero-order valence-corrected chi connectivity index (χ0v) is 13.4. The summed E-state index contributed by atoms with van der Waals surface area (Å²) in [5.41, 5.74) is 9.20. The number of pyridine rings is 1. The molecule has 0 bridgehead atoms. The van der Waals surface area contributed by atoms with Crippen molar-refractivity contribution >= 4 is 17.2 Å². The number of hydrogen-bond acceptors (Lipinski definition) is 5. The number of para-hydroxylation sites is 1. The SMILES string of the molecule is Nc1c(CCCN2CCOCC2)ccnc1Nc1ccccc1. The normalized spacial score (nSPS) is 15.5. The van der Waals surface area contributed by atoms with Gasteiger partial charge >= 0.3 is 0 Å². The zero-order chi connectivity index (χ0) is 15.9. The molecule has 1 aliphatic heterocycles. The Labute approximate surface area is 137 Å². The van der Waals surface area contributed by atoms with Gasteiger partial charge in [0, 0.05) is 25.0 Å². The topological polar surface area (TPSA) is 63.4 Å². The molecular formula is C18H24N4O. The molecule has 3 rings (SSSR count). The molecule has 3 N–H and O–H groups in total. The maximum Gasteiger partial charge on any atom is 0.153 e. The van der Waals surface area contributed by atoms with Gasteiger partial charge in [-0.05, 0) is 43.1 Å². The lowest BCUT2D eigenvalue weighted by Crippen LogP contribution is -2.36. The van der Waals surface area contributed by atoms with E-state index in [-0.39, 0.29) is 0 Å². The number of nitrogens with two attached hydrogens (primary N) is 1. The highest BCUT2D eigenvalue weighted by Gasteiger charge is 2.11. The summed E-state index contributed by atoms with van der Waals surface area (Å²) in [4.78, 5) is 6.82. The van der Waals surface area contributed by atoms with Gasteiger partial charge in [-0.25, -0.2) is 4.98 Å². The Morgan fingerprint density at radius 1 is 1.13 bits per heavy atom. The summed E-state index contributed by atoms with van der Waals surface area (Å²) in [5, 5.41) is 3.29. The van der Waals surface area contributed by atoms with Crippen LogP contribution in [0.2, 0.25) is 0 Å². The average molecular weight is 312 g/mol. The quantitative estimate of drug-likeness (QED) is 0.858. The summed E-state index contributed by atoms with van der Waals surface area (Å²) < 4.78 is 5.38. The van der Waals surface area contributed by atoms with E-state index in [9.17, 15) is 0 Å². The van der Waals surface area contributed by atoms with Crippen LogP contribution in [0.3, 0.4) is 0 Å². The number of nitrogen functional groups attached to an aromatic ring is 1. The van der Waals surface area contributed by atoms with Gasteiger partial charge < -0.3 is 15.8 Å². The van der Waals surface area contributed by atoms with Crippen molar-refractivity contribution in [2.45, 2.75) is 12.8 Å². The van der Waals surface area contributed by atoms with Gasteiger partial charge in [0.1, 0.15) is 0 Å². The molecule has 1 aromatic heterocycles. The van der Waals surface area contributed by atoms with Crippen molar-refractivity contribution in [1.29, 1.82) is 0 Å². The highest BCUT2D eigenvalue weighted by Crippen LogP contribution is 2.24. The monoisotopic (exact) mass is 312 g/mol. The minimum atomic E-state index is 0.736. The summed E-state index contributed by atoms with van der Waals surface area (Å²) in [7, 11) is 0. The van der Waals surface area contributed by atoms with Crippen LogP contribution in [0.15, 0.2) is 42.6 Å². The molecule has 0 spiro atoms. The van der Waals surface area contributed by atoms with Crippen LogP contribution in [0.1, 0.15) is 12.0 Å². The third kappa shape index (κ3) is 4.43. The van der Waals surface area contributed by atoms with Gasteiger partial charge in [0.05, 0.1) is 18.9 Å². The van der Waals surface area contributed by atoms with Crippen molar-refractivity contribution in [3.8, 4) is 0 Å². The van der Waals surface area contributed by atoms with Crippen LogP contribution in [-0.4, -0.2) is 42.7 Å². The smallest absolute Gasteiger partial charge is 0.153 e. The molecular weight excluding hydrogens is 288 g/mol. The number of anilines is 3. The van der Waals surface area contributed by atoms with E-state index in [1.165, 1.54) is 0 Å². The number of benzene rings is 1. The summed E-state index contributed by atoms with van der Waals surface area (Å²) in [6.07, 6.45) is 3.89. The second kappa shape index (κ2) is 7.94. The molecule has 122 valence electrons. The van der Waals surface area contributed by atoms with Gasteiger partial charge in [-0.1, -0.05) is 18.2 Å². The molecule has 0 unspecified atom stereocenters. The van der Waals surface area contributed by atoms with Gasteiger partial charge in [-0.15, -0.1) is 0 Å². The molecule has 0 saturated carbocycles. The molecule has 0 amide bonds. The highest BCUT2D eigenvalue weighted by molar-refractivity contribution is 5.71. The van der Waals surface area contributed by atoms with Crippen molar-refractivity contribution in [1.82, 2.24) is 9.88 Å². The van der Waals surface area contributed by atoms with E-state index in [2.05, 4.69) is 15.2 Å². The lowest BCUT2D eigenvalue weighted by Gasteiger charge is -2.26. The molecule has 0 aliphatic carbocycles. The fourth-order valence-electron chi connectivity index (χ4n) is 2.81. The van der Waals surface area contributed by atoms with E-state index in [1.54, 1.807) is 0 Å². The van der Waals surface area contributed by atoms with E-state index in [1.807, 2.05) is 42.6 Å². The van der Waals surface area contributed by atoms with Crippen LogP contribution in [0.4, 0.5) is 17.2 Å². The summed E-state index contributed by atoms with van der Waals surface area (Å²) >= 11 is 0. The van der Waals surface area contributed by atoms with Gasteiger partial charge in [0.2, 0.25) is 0 Å². The van der Waals surface area contributed by atoms with Crippen molar-refractivity contribution in [2.75, 3.05) is 43.9 Å². The number of nitrogens with one attached hydrogen (secondary N) is 1. The Morgan fingerprint density at radius 2 is 1.91 bits per heavy atom. The molecule has 5 heteroatoms. The molecule has 23 heavy (non-hydrogen) atoms. The van der Waals surface area contributed by atoms with E-state index in [0.717, 1.165) is 68.4 Å². The second-order valence-electron chi connectivity index (χ2n) is 5.78. The predicted molar refractivity (Wildman–Crippen MR) is 94.0 cm³/mol. The molecule has 5 nitrogen and oxygen atoms in total. The Balaban J connectivity index is 1.58. The number of morpholine rings is 1. The first-order valence-corrected chi connectivity index (χ1v) is 8.18. The van der Waals surface area contributed by atoms with Crippen molar-refractivity contribution in [3.63, 3.8) is 0 Å². The number of aromatic nitrogens is 1. The summed E-state index contributed by atoms with van der Waals surface area (Å²) in [6, 6.07) is 12.0. The number of hydrogen-bond donors (Lipinski definition) is 2. The van der Waals surface area contributed by atoms with Crippen molar-refractivity contribution < 1.29 is 4.74 Å². The van der Waals surface area contributed by atoms with Crippen LogP contribution in [0, 0.1) is 0 Å². The summed E-state index contributed by atoms with van der Waals surface area (Å²) in [6.45, 7) is 4.86. The van der Waals surface area contributed by atoms with Crippen molar-refractivity contribution in [3.05, 3.63) is 48.2 Å². The van der Waals surface area contributed by atoms with Gasteiger partial charge in [0.25, 0.3) is 0 Å². The highest BCUT2D eigenvalue weighted by atomic mass is 16.5. The molecule has 1 aliphatic rings. The van der Waals surface area contributed by atoms with Crippen LogP contribution >= 0.6 is 0 Å². The molecule has 2 heterocycles. The van der Waals surface area contributed by atoms with E-state index < -0.39 is 0 Å². The lowest BCUT2D eigenvalue weighted by molar-refractivity contribution is 0.0375. The second-order valence-corrected chi connectivity index (χ2v) is 5.78. The number of rotatable bonds is 6. The molecule has 0 atom stereocenters. The lowest BCUT2D eigenvalue weighted by atomic mass is 10.1. The average Bonchev–Trinajstić information content (AvgIpc) is 2.60. The van der Waals surface area contributed by atoms with Crippen molar-refractivity contribution in [2.24, 2.45) is 0 Å². The zero-order valence-electron chi connectivity index (χ0n) is 13.4. The largest absolute Gasteiger partial charge is 0.396 e. The molecule has 1 fully saturated rings. The Morgan fingerprint density at radius 3 is 2.70 bits per heavy atom. The first-order valence-electron chi connectivity index (χ1n) is 8.18. The fourth-order valence-corrected chi connectivity index (χ4v) is 2.81. The number of aryl methyl sites for hydroxylation is 1. The molecule has 1 aromatic carbocycles. The third-order valence-electron chi connectivity index (χ3n) is 4.14. The van der Waals surface area contributed by atoms with Crippen LogP contribution in [-0.2, 0) is 11.2 Å². The predicted octanol–water partition coefficient (Wildman–Crippen LogP) is 2.67. The van der Waals surface area contributed by atoms with Crippen LogP contribution < -0.4 is 11.1 Å².